The molecule has 5 rings (SSSR count). The van der Waals surface area contributed by atoms with Gasteiger partial charge in [0.05, 0.1) is 17.3 Å². The molecule has 0 fully saturated rings. The summed E-state index contributed by atoms with van der Waals surface area (Å²) in [6.45, 7) is 0. The Morgan fingerprint density at radius 1 is 0.962 bits per heavy atom. The first-order chi connectivity index (χ1) is 12.7. The van der Waals surface area contributed by atoms with Crippen molar-refractivity contribution in [1.82, 2.24) is 19.7 Å². The second kappa shape index (κ2) is 5.16. The van der Waals surface area contributed by atoms with Crippen molar-refractivity contribution in [1.29, 1.82) is 0 Å². The van der Waals surface area contributed by atoms with Crippen molar-refractivity contribution in [3.63, 3.8) is 0 Å². The van der Waals surface area contributed by atoms with Gasteiger partial charge in [-0.3, -0.25) is 14.5 Å². The Kier molecular flexibility index (Phi) is 2.91. The Morgan fingerprint density at radius 2 is 1.73 bits per heavy atom. The maximum Gasteiger partial charge on any atom is 0.280 e. The van der Waals surface area contributed by atoms with Crippen LogP contribution in [0.4, 0.5) is 0 Å². The summed E-state index contributed by atoms with van der Waals surface area (Å²) in [4.78, 5) is 30.1. The van der Waals surface area contributed by atoms with Crippen LogP contribution >= 0.6 is 0 Å². The van der Waals surface area contributed by atoms with E-state index in [1.807, 2.05) is 48.5 Å². The molecular formula is C20H14N4O2. The van der Waals surface area contributed by atoms with Crippen LogP contribution in [0, 0.1) is 0 Å². The molecule has 0 saturated heterocycles. The molecule has 6 heteroatoms. The molecule has 2 amide bonds. The number of hydrogen-bond acceptors (Lipinski definition) is 3. The topological polar surface area (TPSA) is 71.0 Å². The van der Waals surface area contributed by atoms with E-state index >= 15 is 0 Å². The average Bonchev–Trinajstić information content (AvgIpc) is 3.33. The zero-order valence-corrected chi connectivity index (χ0v) is 13.9. The maximum atomic E-state index is 12.9. The van der Waals surface area contributed by atoms with Gasteiger partial charge in [-0.25, -0.2) is 4.68 Å². The third-order valence-electron chi connectivity index (χ3n) is 4.81. The van der Waals surface area contributed by atoms with Crippen LogP contribution in [0.1, 0.15) is 5.56 Å². The smallest absolute Gasteiger partial charge is 0.280 e. The van der Waals surface area contributed by atoms with Crippen LogP contribution in [0.2, 0.25) is 0 Å². The van der Waals surface area contributed by atoms with Crippen LogP contribution in [0.15, 0.2) is 60.9 Å². The molecule has 3 heterocycles. The number of nitrogens with zero attached hydrogens (tertiary/aromatic N) is 3. The molecule has 1 aliphatic rings. The van der Waals surface area contributed by atoms with Crippen LogP contribution in [-0.2, 0) is 9.59 Å². The summed E-state index contributed by atoms with van der Waals surface area (Å²) in [5, 5.41) is 6.19. The van der Waals surface area contributed by atoms with Gasteiger partial charge in [-0.05, 0) is 12.1 Å². The number of amides is 2. The predicted molar refractivity (Wildman–Crippen MR) is 98.9 cm³/mol. The second-order valence-corrected chi connectivity index (χ2v) is 6.26. The summed E-state index contributed by atoms with van der Waals surface area (Å²) in [7, 11) is 1.50. The summed E-state index contributed by atoms with van der Waals surface area (Å²) in [5.74, 6) is -0.682. The first kappa shape index (κ1) is 14.7. The first-order valence-corrected chi connectivity index (χ1v) is 8.23. The van der Waals surface area contributed by atoms with Gasteiger partial charge in [0, 0.05) is 35.1 Å². The highest BCUT2D eigenvalue weighted by atomic mass is 16.2. The Hall–Kier alpha value is -3.67. The molecule has 0 aliphatic carbocycles. The maximum absolute atomic E-state index is 12.9. The SMILES string of the molecule is CN1C(=O)C(c2c[nH]c3ccccc23)=C(n2ncc3ccccc32)C1=O. The fourth-order valence-electron chi connectivity index (χ4n) is 3.49. The van der Waals surface area contributed by atoms with Crippen LogP contribution in [0.25, 0.3) is 33.1 Å². The molecule has 6 nitrogen and oxygen atoms in total. The van der Waals surface area contributed by atoms with Gasteiger partial charge >= 0.3 is 0 Å². The van der Waals surface area contributed by atoms with Gasteiger partial charge < -0.3 is 4.98 Å². The number of rotatable bonds is 2. The Bertz CT molecular complexity index is 1150. The molecule has 2 aromatic carbocycles. The monoisotopic (exact) mass is 342 g/mol. The van der Waals surface area contributed by atoms with Crippen LogP contribution in [0.3, 0.4) is 0 Å². The highest BCUT2D eigenvalue weighted by molar-refractivity contribution is 6.47. The van der Waals surface area contributed by atoms with Crippen molar-refractivity contribution in [2.24, 2.45) is 0 Å². The highest BCUT2D eigenvalue weighted by Crippen LogP contribution is 2.36. The van der Waals surface area contributed by atoms with Crippen molar-refractivity contribution in [3.05, 3.63) is 66.5 Å². The lowest BCUT2D eigenvalue weighted by Crippen LogP contribution is -2.27. The average molecular weight is 342 g/mol. The van der Waals surface area contributed by atoms with Crippen LogP contribution in [-0.4, -0.2) is 38.5 Å². The van der Waals surface area contributed by atoms with Gasteiger partial charge in [-0.15, -0.1) is 0 Å². The summed E-state index contributed by atoms with van der Waals surface area (Å²) >= 11 is 0. The van der Waals surface area contributed by atoms with E-state index in [0.717, 1.165) is 26.7 Å². The molecule has 0 saturated carbocycles. The van der Waals surface area contributed by atoms with E-state index in [0.29, 0.717) is 11.1 Å². The van der Waals surface area contributed by atoms with E-state index in [1.54, 1.807) is 17.1 Å². The molecule has 0 atom stereocenters. The van der Waals surface area contributed by atoms with Gasteiger partial charge in [0.1, 0.15) is 5.70 Å². The fourth-order valence-corrected chi connectivity index (χ4v) is 3.49. The number of likely N-dealkylation sites (N-methyl/N-ethyl adjacent to an activating group) is 1. The number of imide groups is 1. The zero-order chi connectivity index (χ0) is 17.8. The molecule has 0 bridgehead atoms. The van der Waals surface area contributed by atoms with Crippen molar-refractivity contribution in [2.45, 2.75) is 0 Å². The van der Waals surface area contributed by atoms with Gasteiger partial charge in [-0.1, -0.05) is 36.4 Å². The highest BCUT2D eigenvalue weighted by Gasteiger charge is 2.39. The summed E-state index contributed by atoms with van der Waals surface area (Å²) in [5.41, 5.74) is 3.05. The summed E-state index contributed by atoms with van der Waals surface area (Å²) in [6.07, 6.45) is 3.47. The van der Waals surface area contributed by atoms with Crippen LogP contribution < -0.4 is 0 Å². The van der Waals surface area contributed by atoms with E-state index < -0.39 is 0 Å². The summed E-state index contributed by atoms with van der Waals surface area (Å²) < 4.78 is 1.57. The molecular weight excluding hydrogens is 328 g/mol. The van der Waals surface area contributed by atoms with Gasteiger partial charge in [0.25, 0.3) is 11.8 Å². The van der Waals surface area contributed by atoms with Crippen molar-refractivity contribution in [3.8, 4) is 0 Å². The quantitative estimate of drug-likeness (QED) is 0.570. The third-order valence-corrected chi connectivity index (χ3v) is 4.81. The number of nitrogens with one attached hydrogen (secondary N) is 1. The number of hydrogen-bond donors (Lipinski definition) is 1. The van der Waals surface area contributed by atoms with Gasteiger partial charge in [0.15, 0.2) is 0 Å². The summed E-state index contributed by atoms with van der Waals surface area (Å²) in [6, 6.07) is 15.3. The molecule has 1 N–H and O–H groups in total. The van der Waals surface area contributed by atoms with Crippen molar-refractivity contribution < 1.29 is 9.59 Å². The van der Waals surface area contributed by atoms with E-state index in [1.165, 1.54) is 7.05 Å². The number of aromatic nitrogens is 3. The van der Waals surface area contributed by atoms with E-state index in [4.69, 9.17) is 0 Å². The van der Waals surface area contributed by atoms with E-state index in [2.05, 4.69) is 10.1 Å². The number of benzene rings is 2. The van der Waals surface area contributed by atoms with Gasteiger partial charge in [0.2, 0.25) is 0 Å². The van der Waals surface area contributed by atoms with Crippen LogP contribution in [0.5, 0.6) is 0 Å². The third kappa shape index (κ3) is 1.84. The molecule has 0 radical (unpaired) electrons. The van der Waals surface area contributed by atoms with E-state index in [-0.39, 0.29) is 17.5 Å². The minimum atomic E-state index is -0.357. The molecule has 0 spiro atoms. The molecule has 26 heavy (non-hydrogen) atoms. The molecule has 1 aliphatic heterocycles. The molecule has 0 unspecified atom stereocenters. The van der Waals surface area contributed by atoms with Crippen molar-refractivity contribution >= 4 is 44.9 Å². The lowest BCUT2D eigenvalue weighted by atomic mass is 10.0. The predicted octanol–water partition coefficient (Wildman–Crippen LogP) is 2.88. The molecule has 4 aromatic rings. The second-order valence-electron chi connectivity index (χ2n) is 6.26. The first-order valence-electron chi connectivity index (χ1n) is 8.23. The van der Waals surface area contributed by atoms with Crippen molar-refractivity contribution in [2.75, 3.05) is 7.05 Å². The number of para-hydroxylation sites is 2. The lowest BCUT2D eigenvalue weighted by molar-refractivity contribution is -0.134. The number of fused-ring (bicyclic) bond motifs is 2. The Balaban J connectivity index is 1.86. The number of aromatic amines is 1. The number of carbonyl (C=O) groups is 2. The number of H-pyrrole nitrogens is 1. The lowest BCUT2D eigenvalue weighted by Gasteiger charge is -2.07. The molecule has 2 aromatic heterocycles. The van der Waals surface area contributed by atoms with Gasteiger partial charge in [-0.2, -0.15) is 5.10 Å². The minimum absolute atomic E-state index is 0.281. The molecule has 126 valence electrons. The Labute approximate surface area is 148 Å². The van der Waals surface area contributed by atoms with E-state index in [9.17, 15) is 9.59 Å². The zero-order valence-electron chi connectivity index (χ0n) is 13.9. The standard InChI is InChI=1S/C20H14N4O2/c1-23-19(25)17(14-11-21-15-8-4-3-7-13(14)15)18(20(23)26)24-16-9-5-2-6-12(16)10-22-24/h2-11,21H,1H3. The number of carbonyl (C=O) groups excluding carboxylic acids is 2. The Morgan fingerprint density at radius 3 is 2.62 bits per heavy atom. The largest absolute Gasteiger partial charge is 0.361 e. The normalized spacial score (nSPS) is 15.0. The minimum Gasteiger partial charge on any atom is -0.361 e. The fraction of sp³-hybridized carbons (Fsp3) is 0.0500.